The van der Waals surface area contributed by atoms with Crippen molar-refractivity contribution in [2.75, 3.05) is 5.32 Å². The van der Waals surface area contributed by atoms with Gasteiger partial charge >= 0.3 is 0 Å². The molecule has 0 saturated heterocycles. The number of halogens is 2. The van der Waals surface area contributed by atoms with Crippen molar-refractivity contribution in [3.8, 4) is 0 Å². The van der Waals surface area contributed by atoms with E-state index < -0.39 is 0 Å². The Morgan fingerprint density at radius 2 is 1.83 bits per heavy atom. The van der Waals surface area contributed by atoms with Gasteiger partial charge in [0.15, 0.2) is 0 Å². The number of benzene rings is 3. The quantitative estimate of drug-likeness (QED) is 0.292. The predicted octanol–water partition coefficient (Wildman–Crippen LogP) is 7.12. The van der Waals surface area contributed by atoms with Crippen LogP contribution in [0.25, 0.3) is 20.2 Å². The zero-order valence-electron chi connectivity index (χ0n) is 12.0. The Labute approximate surface area is 151 Å². The van der Waals surface area contributed by atoms with Crippen molar-refractivity contribution in [2.24, 2.45) is 0 Å². The van der Waals surface area contributed by atoms with Crippen LogP contribution in [0.4, 0.5) is 11.4 Å². The van der Waals surface area contributed by atoms with E-state index in [2.05, 4.69) is 57.6 Å². The summed E-state index contributed by atoms with van der Waals surface area (Å²) in [5.41, 5.74) is 4.88. The normalized spacial score (nSPS) is 13.0. The largest absolute Gasteiger partial charge is 0.355 e. The van der Waals surface area contributed by atoms with Crippen LogP contribution in [0.5, 0.6) is 0 Å². The van der Waals surface area contributed by atoms with E-state index in [4.69, 9.17) is 11.6 Å². The highest BCUT2D eigenvalue weighted by Crippen LogP contribution is 2.43. The average molecular weight is 401 g/mol. The molecule has 4 aromatic rings. The van der Waals surface area contributed by atoms with Gasteiger partial charge in [0.1, 0.15) is 0 Å². The highest BCUT2D eigenvalue weighted by Gasteiger charge is 2.19. The second-order valence-electron chi connectivity index (χ2n) is 5.82. The molecule has 0 amide bonds. The number of rotatable bonds is 0. The first-order valence-electron chi connectivity index (χ1n) is 7.38. The van der Waals surface area contributed by atoms with E-state index in [1.807, 2.05) is 23.5 Å². The van der Waals surface area contributed by atoms with Crippen molar-refractivity contribution in [1.82, 2.24) is 0 Å². The van der Waals surface area contributed by atoms with Gasteiger partial charge in [0, 0.05) is 47.5 Å². The third-order valence-electron chi connectivity index (χ3n) is 4.40. The van der Waals surface area contributed by atoms with Crippen molar-refractivity contribution < 1.29 is 0 Å². The van der Waals surface area contributed by atoms with Gasteiger partial charge in [-0.1, -0.05) is 45.7 Å². The summed E-state index contributed by atoms with van der Waals surface area (Å²) >= 11 is 11.7. The third-order valence-corrected chi connectivity index (χ3v) is 6.46. The van der Waals surface area contributed by atoms with Crippen LogP contribution < -0.4 is 5.32 Å². The molecule has 1 aromatic heterocycles. The summed E-state index contributed by atoms with van der Waals surface area (Å²) in [6.45, 7) is 0. The summed E-state index contributed by atoms with van der Waals surface area (Å²) in [5.74, 6) is 0. The fourth-order valence-electron chi connectivity index (χ4n) is 3.31. The van der Waals surface area contributed by atoms with E-state index in [0.717, 1.165) is 21.6 Å². The Balaban J connectivity index is 1.76. The summed E-state index contributed by atoms with van der Waals surface area (Å²) < 4.78 is 3.75. The predicted molar refractivity (Wildman–Crippen MR) is 105 cm³/mol. The molecule has 0 spiro atoms. The van der Waals surface area contributed by atoms with Crippen molar-refractivity contribution in [3.63, 3.8) is 0 Å². The number of anilines is 2. The molecular weight excluding hydrogens is 390 g/mol. The highest BCUT2D eigenvalue weighted by atomic mass is 79.9. The van der Waals surface area contributed by atoms with Gasteiger partial charge in [-0.3, -0.25) is 0 Å². The molecule has 0 unspecified atom stereocenters. The zero-order valence-corrected chi connectivity index (χ0v) is 15.1. The molecule has 4 heteroatoms. The van der Waals surface area contributed by atoms with Crippen molar-refractivity contribution in [3.05, 3.63) is 69.2 Å². The number of nitrogens with one attached hydrogen (secondary N) is 1. The SMILES string of the molecule is Clc1cc(Br)c2c(c1)Nc1cc3c(cc1C2)sc1ccccc13. The molecule has 0 aliphatic carbocycles. The van der Waals surface area contributed by atoms with Gasteiger partial charge in [-0.25, -0.2) is 0 Å². The van der Waals surface area contributed by atoms with Gasteiger partial charge in [-0.15, -0.1) is 11.3 Å². The highest BCUT2D eigenvalue weighted by molar-refractivity contribution is 9.10. The van der Waals surface area contributed by atoms with Gasteiger partial charge in [-0.05, 0) is 41.5 Å². The molecule has 0 fully saturated rings. The number of fused-ring (bicyclic) bond motifs is 5. The molecule has 1 N–H and O–H groups in total. The molecule has 2 heterocycles. The molecule has 3 aromatic carbocycles. The minimum atomic E-state index is 0.744. The smallest absolute Gasteiger partial charge is 0.0446 e. The third kappa shape index (κ3) is 2.11. The molecule has 0 atom stereocenters. The first kappa shape index (κ1) is 13.8. The molecule has 0 bridgehead atoms. The molecule has 112 valence electrons. The molecule has 0 saturated carbocycles. The maximum atomic E-state index is 6.20. The summed E-state index contributed by atoms with van der Waals surface area (Å²) in [6.07, 6.45) is 0.916. The topological polar surface area (TPSA) is 12.0 Å². The van der Waals surface area contributed by atoms with Crippen LogP contribution in [-0.4, -0.2) is 0 Å². The number of hydrogen-bond donors (Lipinski definition) is 1. The summed E-state index contributed by atoms with van der Waals surface area (Å²) in [5, 5.41) is 6.95. The minimum absolute atomic E-state index is 0.744. The fourth-order valence-corrected chi connectivity index (χ4v) is 5.41. The van der Waals surface area contributed by atoms with Crippen molar-refractivity contribution in [2.45, 2.75) is 6.42 Å². The van der Waals surface area contributed by atoms with Gasteiger partial charge in [-0.2, -0.15) is 0 Å². The van der Waals surface area contributed by atoms with Gasteiger partial charge in [0.05, 0.1) is 0 Å². The Kier molecular flexibility index (Phi) is 2.99. The van der Waals surface area contributed by atoms with Gasteiger partial charge in [0.2, 0.25) is 0 Å². The van der Waals surface area contributed by atoms with Crippen LogP contribution in [0.3, 0.4) is 0 Å². The first-order chi connectivity index (χ1) is 11.2. The summed E-state index contributed by atoms with van der Waals surface area (Å²) in [6, 6.07) is 17.2. The summed E-state index contributed by atoms with van der Waals surface area (Å²) in [4.78, 5) is 0. The maximum absolute atomic E-state index is 6.20. The zero-order chi connectivity index (χ0) is 15.6. The van der Waals surface area contributed by atoms with E-state index in [-0.39, 0.29) is 0 Å². The molecule has 1 nitrogen and oxygen atoms in total. The average Bonchev–Trinajstić information content (AvgIpc) is 2.88. The Hall–Kier alpha value is -1.55. The van der Waals surface area contributed by atoms with Gasteiger partial charge < -0.3 is 5.32 Å². The molecule has 5 rings (SSSR count). The van der Waals surface area contributed by atoms with E-state index in [1.54, 1.807) is 0 Å². The van der Waals surface area contributed by atoms with Crippen molar-refractivity contribution >= 4 is 70.4 Å². The minimum Gasteiger partial charge on any atom is -0.355 e. The molecule has 23 heavy (non-hydrogen) atoms. The summed E-state index contributed by atoms with van der Waals surface area (Å²) in [7, 11) is 0. The molecule has 0 radical (unpaired) electrons. The van der Waals surface area contributed by atoms with E-state index in [9.17, 15) is 0 Å². The lowest BCUT2D eigenvalue weighted by Gasteiger charge is -2.23. The van der Waals surface area contributed by atoms with E-state index in [0.29, 0.717) is 0 Å². The Morgan fingerprint density at radius 3 is 2.74 bits per heavy atom. The molecule has 1 aliphatic rings. The molecule has 1 aliphatic heterocycles. The lowest BCUT2D eigenvalue weighted by Crippen LogP contribution is -2.07. The maximum Gasteiger partial charge on any atom is 0.0446 e. The fraction of sp³-hybridized carbons (Fsp3) is 0.0526. The van der Waals surface area contributed by atoms with E-state index >= 15 is 0 Å². The van der Waals surface area contributed by atoms with Crippen LogP contribution in [0.15, 0.2) is 53.0 Å². The molecular formula is C19H11BrClNS. The van der Waals surface area contributed by atoms with Crippen LogP contribution in [0.2, 0.25) is 5.02 Å². The Morgan fingerprint density at radius 1 is 0.957 bits per heavy atom. The monoisotopic (exact) mass is 399 g/mol. The lowest BCUT2D eigenvalue weighted by molar-refractivity contribution is 1.15. The second kappa shape index (κ2) is 4.97. The van der Waals surface area contributed by atoms with Crippen molar-refractivity contribution in [1.29, 1.82) is 0 Å². The Bertz CT molecular complexity index is 1100. The van der Waals surface area contributed by atoms with E-state index in [1.165, 1.54) is 37.0 Å². The number of hydrogen-bond acceptors (Lipinski definition) is 2. The number of thiophene rings is 1. The standard InChI is InChI=1S/C19H11BrClNS/c20-15-7-11(21)8-17-14(15)5-10-6-19-13(9-16(10)22-17)12-3-1-2-4-18(12)23-19/h1-4,6-9,22H,5H2. The van der Waals surface area contributed by atoms with Crippen LogP contribution in [-0.2, 0) is 6.42 Å². The lowest BCUT2D eigenvalue weighted by atomic mass is 9.96. The first-order valence-corrected chi connectivity index (χ1v) is 9.37. The van der Waals surface area contributed by atoms with Crippen LogP contribution in [0.1, 0.15) is 11.1 Å². The van der Waals surface area contributed by atoms with Gasteiger partial charge in [0.25, 0.3) is 0 Å². The van der Waals surface area contributed by atoms with Crippen LogP contribution >= 0.6 is 38.9 Å². The second-order valence-corrected chi connectivity index (χ2v) is 8.19. The van der Waals surface area contributed by atoms with Crippen LogP contribution in [0, 0.1) is 0 Å².